The van der Waals surface area contributed by atoms with Crippen molar-refractivity contribution in [3.63, 3.8) is 0 Å². The number of hydrogen-bond donors (Lipinski definition) is 1. The molecule has 0 aromatic heterocycles. The highest BCUT2D eigenvalue weighted by atomic mass is 79.9. The van der Waals surface area contributed by atoms with Gasteiger partial charge in [-0.2, -0.15) is 0 Å². The molecule has 1 N–H and O–H groups in total. The number of methoxy groups -OCH3 is 2. The molecule has 0 radical (unpaired) electrons. The average Bonchev–Trinajstić information content (AvgIpc) is 2.77. The second-order valence-corrected chi connectivity index (χ2v) is 7.94. The minimum Gasteiger partial charge on any atom is -0.496 e. The second kappa shape index (κ2) is 11.3. The van der Waals surface area contributed by atoms with Crippen molar-refractivity contribution in [1.82, 2.24) is 5.32 Å². The molecule has 0 aliphatic rings. The topological polar surface area (TPSA) is 39.7 Å². The van der Waals surface area contributed by atoms with E-state index in [0.717, 1.165) is 34.3 Å². The number of para-hydroxylation sites is 1. The van der Waals surface area contributed by atoms with Gasteiger partial charge in [0.25, 0.3) is 0 Å². The van der Waals surface area contributed by atoms with Crippen LogP contribution in [0.2, 0.25) is 5.02 Å². The van der Waals surface area contributed by atoms with Crippen molar-refractivity contribution in [2.45, 2.75) is 19.6 Å². The molecule has 0 amide bonds. The number of rotatable bonds is 10. The van der Waals surface area contributed by atoms with Gasteiger partial charge in [-0.1, -0.05) is 63.9 Å². The maximum Gasteiger partial charge on any atom is 0.167 e. The summed E-state index contributed by atoms with van der Waals surface area (Å²) < 4.78 is 18.1. The smallest absolute Gasteiger partial charge is 0.167 e. The fourth-order valence-corrected chi connectivity index (χ4v) is 3.82. The molecule has 0 bridgehead atoms. The normalized spacial score (nSPS) is 10.7. The molecule has 0 unspecified atom stereocenters. The van der Waals surface area contributed by atoms with E-state index in [2.05, 4.69) is 27.3 Å². The van der Waals surface area contributed by atoms with Crippen molar-refractivity contribution in [3.8, 4) is 17.2 Å². The van der Waals surface area contributed by atoms with E-state index in [9.17, 15) is 0 Å². The molecule has 3 aromatic carbocycles. The van der Waals surface area contributed by atoms with Crippen molar-refractivity contribution in [1.29, 1.82) is 0 Å². The van der Waals surface area contributed by atoms with Crippen LogP contribution in [0.4, 0.5) is 0 Å². The van der Waals surface area contributed by atoms with Gasteiger partial charge >= 0.3 is 0 Å². The summed E-state index contributed by atoms with van der Waals surface area (Å²) in [6.45, 7) is 1.79. The summed E-state index contributed by atoms with van der Waals surface area (Å²) >= 11 is 9.93. The standard InChI is InChI=1S/C24H25BrClNO3/c1-28-22-10-6-4-7-17(22)13-14-27-15-19-20(25)11-12-23(29-2)24(19)30-16-18-8-3-5-9-21(18)26/h3-12,27H,13-16H2,1-2H3. The lowest BCUT2D eigenvalue weighted by Crippen LogP contribution is -2.18. The molecule has 158 valence electrons. The first-order valence-corrected chi connectivity index (χ1v) is 10.8. The first-order chi connectivity index (χ1) is 14.6. The van der Waals surface area contributed by atoms with E-state index in [1.165, 1.54) is 5.56 Å². The quantitative estimate of drug-likeness (QED) is 0.352. The number of hydrogen-bond acceptors (Lipinski definition) is 4. The molecule has 0 aliphatic carbocycles. The Morgan fingerprint density at radius 3 is 2.30 bits per heavy atom. The van der Waals surface area contributed by atoms with Gasteiger partial charge in [-0.15, -0.1) is 0 Å². The summed E-state index contributed by atoms with van der Waals surface area (Å²) in [5.41, 5.74) is 3.10. The predicted molar refractivity (Wildman–Crippen MR) is 125 cm³/mol. The molecule has 3 aromatic rings. The van der Waals surface area contributed by atoms with Crippen LogP contribution < -0.4 is 19.5 Å². The maximum atomic E-state index is 6.28. The van der Waals surface area contributed by atoms with Crippen molar-refractivity contribution in [2.24, 2.45) is 0 Å². The fourth-order valence-electron chi connectivity index (χ4n) is 3.18. The van der Waals surface area contributed by atoms with Gasteiger partial charge in [0.2, 0.25) is 0 Å². The van der Waals surface area contributed by atoms with Gasteiger partial charge in [0.1, 0.15) is 12.4 Å². The van der Waals surface area contributed by atoms with Crippen LogP contribution in [-0.4, -0.2) is 20.8 Å². The Labute approximate surface area is 191 Å². The van der Waals surface area contributed by atoms with Gasteiger partial charge in [-0.25, -0.2) is 0 Å². The second-order valence-electron chi connectivity index (χ2n) is 6.68. The van der Waals surface area contributed by atoms with E-state index in [1.807, 2.05) is 54.6 Å². The molecule has 0 saturated heterocycles. The summed E-state index contributed by atoms with van der Waals surface area (Å²) in [6.07, 6.45) is 0.863. The third kappa shape index (κ3) is 5.69. The number of halogens is 2. The maximum absolute atomic E-state index is 6.28. The van der Waals surface area contributed by atoms with Crippen molar-refractivity contribution in [2.75, 3.05) is 20.8 Å². The first kappa shape index (κ1) is 22.5. The Balaban J connectivity index is 1.69. The van der Waals surface area contributed by atoms with E-state index in [1.54, 1.807) is 14.2 Å². The molecule has 30 heavy (non-hydrogen) atoms. The summed E-state index contributed by atoms with van der Waals surface area (Å²) in [5, 5.41) is 4.18. The number of benzene rings is 3. The molecule has 4 nitrogen and oxygen atoms in total. The van der Waals surface area contributed by atoms with Crippen molar-refractivity contribution in [3.05, 3.63) is 86.8 Å². The highest BCUT2D eigenvalue weighted by Gasteiger charge is 2.15. The number of ether oxygens (including phenoxy) is 3. The van der Waals surface area contributed by atoms with Crippen LogP contribution in [-0.2, 0) is 19.6 Å². The lowest BCUT2D eigenvalue weighted by atomic mass is 10.1. The minimum atomic E-state index is 0.362. The monoisotopic (exact) mass is 489 g/mol. The number of nitrogens with one attached hydrogen (secondary N) is 1. The summed E-state index contributed by atoms with van der Waals surface area (Å²) in [4.78, 5) is 0. The van der Waals surface area contributed by atoms with Crippen LogP contribution in [0.25, 0.3) is 0 Å². The Bertz CT molecular complexity index is 980. The molecule has 0 saturated carbocycles. The van der Waals surface area contributed by atoms with Crippen LogP contribution in [0.1, 0.15) is 16.7 Å². The van der Waals surface area contributed by atoms with Gasteiger partial charge in [-0.3, -0.25) is 0 Å². The average molecular weight is 491 g/mol. The predicted octanol–water partition coefficient (Wildman–Crippen LogP) is 6.03. The van der Waals surface area contributed by atoms with E-state index in [0.29, 0.717) is 29.7 Å². The van der Waals surface area contributed by atoms with E-state index in [4.69, 9.17) is 25.8 Å². The van der Waals surface area contributed by atoms with Crippen LogP contribution in [0, 0.1) is 0 Å². The third-order valence-electron chi connectivity index (χ3n) is 4.78. The van der Waals surface area contributed by atoms with Crippen LogP contribution in [0.3, 0.4) is 0 Å². The third-order valence-corrected chi connectivity index (χ3v) is 5.89. The molecule has 0 heterocycles. The summed E-state index contributed by atoms with van der Waals surface area (Å²) in [5.74, 6) is 2.30. The van der Waals surface area contributed by atoms with Gasteiger partial charge < -0.3 is 19.5 Å². The molecular formula is C24H25BrClNO3. The Morgan fingerprint density at radius 2 is 1.57 bits per heavy atom. The fraction of sp³-hybridized carbons (Fsp3) is 0.250. The molecule has 0 spiro atoms. The zero-order chi connectivity index (χ0) is 21.3. The largest absolute Gasteiger partial charge is 0.496 e. The zero-order valence-electron chi connectivity index (χ0n) is 17.1. The minimum absolute atomic E-state index is 0.362. The van der Waals surface area contributed by atoms with E-state index >= 15 is 0 Å². The Morgan fingerprint density at radius 1 is 0.867 bits per heavy atom. The Hall–Kier alpha value is -2.21. The summed E-state index contributed by atoms with van der Waals surface area (Å²) in [7, 11) is 3.34. The van der Waals surface area contributed by atoms with Crippen LogP contribution >= 0.6 is 27.5 Å². The molecule has 6 heteroatoms. The van der Waals surface area contributed by atoms with Crippen LogP contribution in [0.15, 0.2) is 65.1 Å². The SMILES string of the molecule is COc1ccccc1CCNCc1c(Br)ccc(OC)c1OCc1ccccc1Cl. The van der Waals surface area contributed by atoms with Gasteiger partial charge in [0, 0.05) is 27.2 Å². The lowest BCUT2D eigenvalue weighted by molar-refractivity contribution is 0.280. The van der Waals surface area contributed by atoms with Crippen LogP contribution in [0.5, 0.6) is 17.2 Å². The van der Waals surface area contributed by atoms with E-state index in [-0.39, 0.29) is 0 Å². The molecule has 3 rings (SSSR count). The highest BCUT2D eigenvalue weighted by Crippen LogP contribution is 2.37. The zero-order valence-corrected chi connectivity index (χ0v) is 19.4. The highest BCUT2D eigenvalue weighted by molar-refractivity contribution is 9.10. The van der Waals surface area contributed by atoms with Crippen molar-refractivity contribution < 1.29 is 14.2 Å². The molecular weight excluding hydrogens is 466 g/mol. The lowest BCUT2D eigenvalue weighted by Gasteiger charge is -2.18. The van der Waals surface area contributed by atoms with Gasteiger partial charge in [0.15, 0.2) is 11.5 Å². The van der Waals surface area contributed by atoms with Gasteiger partial charge in [0.05, 0.1) is 14.2 Å². The van der Waals surface area contributed by atoms with Crippen molar-refractivity contribution >= 4 is 27.5 Å². The molecule has 0 aliphatic heterocycles. The molecule has 0 fully saturated rings. The molecule has 0 atom stereocenters. The Kier molecular flexibility index (Phi) is 8.43. The summed E-state index contributed by atoms with van der Waals surface area (Å²) in [6, 6.07) is 19.6. The van der Waals surface area contributed by atoms with E-state index < -0.39 is 0 Å². The van der Waals surface area contributed by atoms with Gasteiger partial charge in [-0.05, 0) is 42.8 Å². The first-order valence-electron chi connectivity index (χ1n) is 9.68.